The van der Waals surface area contributed by atoms with Gasteiger partial charge in [0.25, 0.3) is 5.91 Å². The largest absolute Gasteiger partial charge is 0.417 e. The predicted molar refractivity (Wildman–Crippen MR) is 113 cm³/mol. The van der Waals surface area contributed by atoms with Crippen molar-refractivity contribution in [2.24, 2.45) is 11.3 Å². The van der Waals surface area contributed by atoms with Crippen LogP contribution in [0.5, 0.6) is 0 Å². The van der Waals surface area contributed by atoms with Crippen molar-refractivity contribution in [1.82, 2.24) is 4.90 Å². The van der Waals surface area contributed by atoms with Crippen LogP contribution in [0, 0.1) is 34.3 Å². The van der Waals surface area contributed by atoms with E-state index in [4.69, 9.17) is 5.26 Å². The number of hydrogen-bond acceptors (Lipinski definition) is 4. The van der Waals surface area contributed by atoms with Gasteiger partial charge in [-0.1, -0.05) is 0 Å². The molecule has 0 aromatic heterocycles. The molecule has 0 aliphatic carbocycles. The second-order valence-corrected chi connectivity index (χ2v) is 8.88. The Morgan fingerprint density at radius 3 is 2.41 bits per heavy atom. The summed E-state index contributed by atoms with van der Waals surface area (Å²) in [5, 5.41) is 19.0. The molecule has 2 aliphatic rings. The Kier molecular flexibility index (Phi) is 6.25. The molecule has 2 saturated heterocycles. The molecule has 34 heavy (non-hydrogen) atoms. The van der Waals surface area contributed by atoms with Gasteiger partial charge in [-0.25, -0.2) is 8.78 Å². The van der Waals surface area contributed by atoms with Crippen LogP contribution in [0.4, 0.5) is 27.6 Å². The molecule has 2 aromatic rings. The number of carbonyl (C=O) groups is 1. The lowest BCUT2D eigenvalue weighted by molar-refractivity contribution is -0.137. The van der Waals surface area contributed by atoms with E-state index >= 15 is 0 Å². The van der Waals surface area contributed by atoms with Crippen LogP contribution < -0.4 is 4.90 Å². The quantitative estimate of drug-likeness (QED) is 0.670. The highest BCUT2D eigenvalue weighted by Gasteiger charge is 2.48. The molecule has 1 amide bonds. The third-order valence-corrected chi connectivity index (χ3v) is 7.04. The summed E-state index contributed by atoms with van der Waals surface area (Å²) in [6.45, 7) is 1.23. The number of nitriles is 1. The minimum atomic E-state index is -4.67. The molecule has 2 fully saturated rings. The fourth-order valence-electron chi connectivity index (χ4n) is 5.08. The number of alkyl halides is 3. The molecule has 180 valence electrons. The zero-order valence-corrected chi connectivity index (χ0v) is 18.1. The number of amides is 1. The normalized spacial score (nSPS) is 20.0. The second kappa shape index (κ2) is 8.87. The number of piperidine rings is 1. The van der Waals surface area contributed by atoms with Gasteiger partial charge in [-0.05, 0) is 54.7 Å². The van der Waals surface area contributed by atoms with Crippen LogP contribution >= 0.6 is 0 Å². The van der Waals surface area contributed by atoms with Crippen LogP contribution in [0.25, 0.3) is 0 Å². The molecule has 1 spiro atoms. The predicted octanol–water partition coefficient (Wildman–Crippen LogP) is 4.21. The van der Waals surface area contributed by atoms with Crippen LogP contribution in [0.3, 0.4) is 0 Å². The van der Waals surface area contributed by atoms with Gasteiger partial charge in [-0.15, -0.1) is 0 Å². The number of likely N-dealkylation sites (tertiary alicyclic amines) is 1. The zero-order valence-electron chi connectivity index (χ0n) is 18.1. The second-order valence-electron chi connectivity index (χ2n) is 8.88. The zero-order chi connectivity index (χ0) is 24.7. The van der Waals surface area contributed by atoms with Crippen molar-refractivity contribution >= 4 is 11.6 Å². The van der Waals surface area contributed by atoms with Crippen molar-refractivity contribution in [3.8, 4) is 6.07 Å². The molecule has 4 rings (SSSR count). The number of aliphatic hydroxyl groups excluding tert-OH is 1. The van der Waals surface area contributed by atoms with Crippen molar-refractivity contribution in [1.29, 1.82) is 5.26 Å². The van der Waals surface area contributed by atoms with Crippen molar-refractivity contribution in [2.45, 2.75) is 19.0 Å². The van der Waals surface area contributed by atoms with Crippen molar-refractivity contribution in [3.05, 3.63) is 64.7 Å². The molecule has 2 aliphatic heterocycles. The van der Waals surface area contributed by atoms with Crippen LogP contribution in [0.15, 0.2) is 36.4 Å². The molecule has 1 N–H and O–H groups in total. The average Bonchev–Trinajstić information content (AvgIpc) is 3.17. The van der Waals surface area contributed by atoms with E-state index in [2.05, 4.69) is 0 Å². The molecule has 0 bridgehead atoms. The fraction of sp³-hybridized carbons (Fsp3) is 0.417. The van der Waals surface area contributed by atoms with E-state index in [1.807, 2.05) is 0 Å². The Labute approximate surface area is 193 Å². The highest BCUT2D eigenvalue weighted by molar-refractivity contribution is 5.94. The summed E-state index contributed by atoms with van der Waals surface area (Å²) in [6, 6.07) is 8.15. The maximum atomic E-state index is 13.5. The van der Waals surface area contributed by atoms with E-state index in [9.17, 15) is 31.9 Å². The standard InChI is InChI=1S/C24H22F5N3O2/c25-20-4-2-15(9-21(20)26)22(34)31-7-5-23(6-8-31)14-32(12-17(23)13-33)18-3-1-16(11-30)19(10-18)24(27,28)29/h1-4,9-10,17,33H,5-8,12-14H2. The van der Waals surface area contributed by atoms with Crippen LogP contribution in [-0.4, -0.2) is 48.7 Å². The van der Waals surface area contributed by atoms with E-state index < -0.39 is 40.3 Å². The van der Waals surface area contributed by atoms with Gasteiger partial charge >= 0.3 is 6.18 Å². The first-order valence-corrected chi connectivity index (χ1v) is 10.8. The van der Waals surface area contributed by atoms with Crippen molar-refractivity contribution < 1.29 is 31.9 Å². The van der Waals surface area contributed by atoms with Gasteiger partial charge in [0.2, 0.25) is 0 Å². The molecule has 1 unspecified atom stereocenters. The van der Waals surface area contributed by atoms with Crippen LogP contribution in [0.1, 0.15) is 34.3 Å². The number of anilines is 1. The van der Waals surface area contributed by atoms with Crippen molar-refractivity contribution in [2.75, 3.05) is 37.7 Å². The lowest BCUT2D eigenvalue weighted by Gasteiger charge is -2.42. The minimum Gasteiger partial charge on any atom is -0.396 e. The number of nitrogens with zero attached hydrogens (tertiary/aromatic N) is 3. The first-order valence-electron chi connectivity index (χ1n) is 10.8. The van der Waals surface area contributed by atoms with E-state index in [1.54, 1.807) is 15.9 Å². The van der Waals surface area contributed by atoms with Gasteiger partial charge in [-0.2, -0.15) is 18.4 Å². The van der Waals surface area contributed by atoms with E-state index in [-0.39, 0.29) is 18.1 Å². The molecule has 2 aromatic carbocycles. The van der Waals surface area contributed by atoms with Gasteiger partial charge in [0.05, 0.1) is 17.2 Å². The van der Waals surface area contributed by atoms with Gasteiger partial charge in [0.1, 0.15) is 0 Å². The highest BCUT2D eigenvalue weighted by atomic mass is 19.4. The Morgan fingerprint density at radius 2 is 1.82 bits per heavy atom. The Bertz CT molecular complexity index is 1140. The summed E-state index contributed by atoms with van der Waals surface area (Å²) >= 11 is 0. The number of rotatable bonds is 3. The summed E-state index contributed by atoms with van der Waals surface area (Å²) in [6.07, 6.45) is -3.65. The Hall–Kier alpha value is -3.19. The molecular formula is C24H22F5N3O2. The molecule has 5 nitrogen and oxygen atoms in total. The summed E-state index contributed by atoms with van der Waals surface area (Å²) in [5.74, 6) is -2.78. The number of hydrogen-bond donors (Lipinski definition) is 1. The van der Waals surface area contributed by atoms with E-state index in [0.29, 0.717) is 44.7 Å². The SMILES string of the molecule is N#Cc1ccc(N2CC(CO)C3(CCN(C(=O)c4ccc(F)c(F)c4)CC3)C2)cc1C(F)(F)F. The van der Waals surface area contributed by atoms with Gasteiger partial charge in [0, 0.05) is 50.0 Å². The molecule has 1 atom stereocenters. The van der Waals surface area contributed by atoms with Gasteiger partial charge in [-0.3, -0.25) is 4.79 Å². The van der Waals surface area contributed by atoms with Gasteiger partial charge < -0.3 is 14.9 Å². The first-order chi connectivity index (χ1) is 16.1. The fourth-order valence-corrected chi connectivity index (χ4v) is 5.08. The van der Waals surface area contributed by atoms with Gasteiger partial charge in [0.15, 0.2) is 11.6 Å². The Balaban J connectivity index is 1.51. The van der Waals surface area contributed by atoms with E-state index in [1.165, 1.54) is 12.1 Å². The monoisotopic (exact) mass is 479 g/mol. The molecule has 10 heteroatoms. The maximum absolute atomic E-state index is 13.5. The van der Waals surface area contributed by atoms with Crippen LogP contribution in [0.2, 0.25) is 0 Å². The molecule has 0 saturated carbocycles. The highest BCUT2D eigenvalue weighted by Crippen LogP contribution is 2.46. The average molecular weight is 479 g/mol. The number of carbonyl (C=O) groups excluding carboxylic acids is 1. The molecule has 0 radical (unpaired) electrons. The summed E-state index contributed by atoms with van der Waals surface area (Å²) in [5.41, 5.74) is -1.50. The van der Waals surface area contributed by atoms with Crippen LogP contribution in [-0.2, 0) is 6.18 Å². The summed E-state index contributed by atoms with van der Waals surface area (Å²) in [4.78, 5) is 16.1. The topological polar surface area (TPSA) is 67.6 Å². The smallest absolute Gasteiger partial charge is 0.396 e. The summed E-state index contributed by atoms with van der Waals surface area (Å²) in [7, 11) is 0. The third kappa shape index (κ3) is 4.32. The maximum Gasteiger partial charge on any atom is 0.417 e. The Morgan fingerprint density at radius 1 is 1.12 bits per heavy atom. The minimum absolute atomic E-state index is 0.0406. The first kappa shape index (κ1) is 24.0. The lowest BCUT2D eigenvalue weighted by atomic mass is 9.71. The third-order valence-electron chi connectivity index (χ3n) is 7.04. The lowest BCUT2D eigenvalue weighted by Crippen LogP contribution is -2.47. The number of halogens is 5. The number of aliphatic hydroxyl groups is 1. The van der Waals surface area contributed by atoms with E-state index in [0.717, 1.165) is 24.3 Å². The van der Waals surface area contributed by atoms with Crippen molar-refractivity contribution in [3.63, 3.8) is 0 Å². The summed E-state index contributed by atoms with van der Waals surface area (Å²) < 4.78 is 66.9. The number of benzene rings is 2. The molecular weight excluding hydrogens is 457 g/mol. The molecule has 2 heterocycles.